The van der Waals surface area contributed by atoms with E-state index >= 15 is 0 Å². The van der Waals surface area contributed by atoms with Gasteiger partial charge in [0.1, 0.15) is 5.16 Å². The van der Waals surface area contributed by atoms with Crippen molar-refractivity contribution in [1.82, 2.24) is 5.32 Å². The van der Waals surface area contributed by atoms with Gasteiger partial charge in [-0.15, -0.1) is 0 Å². The maximum atomic E-state index is 10.7. The Morgan fingerprint density at radius 3 is 2.86 bits per heavy atom. The minimum absolute atomic E-state index is 0.139. The van der Waals surface area contributed by atoms with Gasteiger partial charge in [0.25, 0.3) is 5.70 Å². The van der Waals surface area contributed by atoms with Crippen LogP contribution in [-0.4, -0.2) is 10.6 Å². The zero-order valence-corrected chi connectivity index (χ0v) is 8.28. The van der Waals surface area contributed by atoms with E-state index in [1.165, 1.54) is 18.2 Å². The van der Waals surface area contributed by atoms with Crippen LogP contribution in [0.2, 0.25) is 0 Å². The van der Waals surface area contributed by atoms with E-state index in [2.05, 4.69) is 5.32 Å². The summed E-state index contributed by atoms with van der Waals surface area (Å²) in [5, 5.41) is 13.6. The lowest BCUT2D eigenvalue weighted by atomic mass is 10.0. The molecule has 0 aromatic heterocycles. The molecule has 0 spiro atoms. The second-order valence-electron chi connectivity index (χ2n) is 2.82. The lowest BCUT2D eigenvalue weighted by Crippen LogP contribution is -2.55. The summed E-state index contributed by atoms with van der Waals surface area (Å²) in [5.74, 6) is 0. The van der Waals surface area contributed by atoms with Crippen LogP contribution >= 0.6 is 11.6 Å². The van der Waals surface area contributed by atoms with Gasteiger partial charge in [0.05, 0.1) is 4.92 Å². The number of hydrogen-bond acceptors (Lipinski definition) is 4. The second-order valence-corrected chi connectivity index (χ2v) is 3.22. The predicted octanol–water partition coefficient (Wildman–Crippen LogP) is 1.06. The summed E-state index contributed by atoms with van der Waals surface area (Å²) < 4.78 is 0. The molecule has 76 valence electrons. The minimum Gasteiger partial charge on any atom is -0.346 e. The van der Waals surface area contributed by atoms with E-state index < -0.39 is 10.6 Å². The van der Waals surface area contributed by atoms with Gasteiger partial charge < -0.3 is 5.32 Å². The molecule has 1 rings (SSSR count). The average Bonchev–Trinajstić information content (AvgIpc) is 2.02. The second kappa shape index (κ2) is 3.81. The fraction of sp³-hybridized carbons (Fsp3) is 0.250. The summed E-state index contributed by atoms with van der Waals surface area (Å²) in [7, 11) is 0. The molecule has 0 bridgehead atoms. The first-order valence-electron chi connectivity index (χ1n) is 3.93. The lowest BCUT2D eigenvalue weighted by Gasteiger charge is -2.27. The smallest absolute Gasteiger partial charge is 0.290 e. The van der Waals surface area contributed by atoms with Crippen LogP contribution in [0.5, 0.6) is 0 Å². The summed E-state index contributed by atoms with van der Waals surface area (Å²) in [6, 6.07) is 0. The van der Waals surface area contributed by atoms with Gasteiger partial charge in [0, 0.05) is 6.08 Å². The molecule has 3 N–H and O–H groups in total. The monoisotopic (exact) mass is 215 g/mol. The third kappa shape index (κ3) is 1.94. The number of halogens is 1. The highest BCUT2D eigenvalue weighted by atomic mass is 35.5. The van der Waals surface area contributed by atoms with E-state index in [9.17, 15) is 10.1 Å². The number of dihydropyridines is 1. The van der Waals surface area contributed by atoms with Crippen LogP contribution < -0.4 is 11.1 Å². The maximum Gasteiger partial charge on any atom is 0.290 e. The van der Waals surface area contributed by atoms with E-state index in [-0.39, 0.29) is 10.9 Å². The Labute approximate surface area is 86.1 Å². The van der Waals surface area contributed by atoms with Crippen LogP contribution in [0.3, 0.4) is 0 Å². The molecule has 0 aliphatic carbocycles. The number of nitrogens with two attached hydrogens (primary N) is 1. The predicted molar refractivity (Wildman–Crippen MR) is 53.9 cm³/mol. The van der Waals surface area contributed by atoms with Crippen LogP contribution in [0.25, 0.3) is 0 Å². The van der Waals surface area contributed by atoms with E-state index in [1.54, 1.807) is 13.0 Å². The van der Waals surface area contributed by atoms with Crippen molar-refractivity contribution in [3.63, 3.8) is 0 Å². The first-order valence-corrected chi connectivity index (χ1v) is 4.30. The van der Waals surface area contributed by atoms with E-state index in [0.29, 0.717) is 0 Å². The molecule has 14 heavy (non-hydrogen) atoms. The quantitative estimate of drug-likeness (QED) is 0.312. The normalized spacial score (nSPS) is 26.8. The number of rotatable bonds is 2. The Morgan fingerprint density at radius 1 is 1.71 bits per heavy atom. The molecule has 0 fully saturated rings. The van der Waals surface area contributed by atoms with Crippen LogP contribution in [0.4, 0.5) is 0 Å². The van der Waals surface area contributed by atoms with E-state index in [0.717, 1.165) is 0 Å². The molecule has 1 aliphatic heterocycles. The van der Waals surface area contributed by atoms with Crippen LogP contribution in [0, 0.1) is 10.1 Å². The van der Waals surface area contributed by atoms with Crippen molar-refractivity contribution in [2.75, 3.05) is 0 Å². The van der Waals surface area contributed by atoms with Crippen molar-refractivity contribution in [3.05, 3.63) is 45.3 Å². The van der Waals surface area contributed by atoms with Gasteiger partial charge in [-0.3, -0.25) is 15.8 Å². The molecule has 1 heterocycles. The standard InChI is InChI=1S/C8H10ClN3O2/c1-2-5-8(10)6(12(13)14)3-4-7(9)11-8/h2-5,11H,10H2,1H3. The Morgan fingerprint density at radius 2 is 2.36 bits per heavy atom. The SMILES string of the molecule is CC=CC1(N)NC(Cl)=CC=C1[N+](=O)[O-]. The van der Waals surface area contributed by atoms with Crippen molar-refractivity contribution in [2.24, 2.45) is 5.73 Å². The van der Waals surface area contributed by atoms with Gasteiger partial charge >= 0.3 is 0 Å². The van der Waals surface area contributed by atoms with E-state index in [1.807, 2.05) is 0 Å². The summed E-state index contributed by atoms with van der Waals surface area (Å²) >= 11 is 5.68. The van der Waals surface area contributed by atoms with Crippen molar-refractivity contribution in [3.8, 4) is 0 Å². The molecule has 0 aromatic rings. The number of hydrogen-bond donors (Lipinski definition) is 2. The maximum absolute atomic E-state index is 10.7. The Hall–Kier alpha value is -1.33. The zero-order chi connectivity index (χ0) is 10.8. The Bertz CT molecular complexity index is 348. The third-order valence-corrected chi connectivity index (χ3v) is 1.98. The van der Waals surface area contributed by atoms with Crippen LogP contribution in [0.1, 0.15) is 6.92 Å². The molecule has 5 nitrogen and oxygen atoms in total. The molecular formula is C8H10ClN3O2. The summed E-state index contributed by atoms with van der Waals surface area (Å²) in [5.41, 5.74) is 4.30. The van der Waals surface area contributed by atoms with Crippen molar-refractivity contribution < 1.29 is 4.92 Å². The van der Waals surface area contributed by atoms with Crippen LogP contribution in [-0.2, 0) is 0 Å². The highest BCUT2D eigenvalue weighted by molar-refractivity contribution is 6.29. The number of nitro groups is 1. The molecule has 0 radical (unpaired) electrons. The van der Waals surface area contributed by atoms with Crippen molar-refractivity contribution in [1.29, 1.82) is 0 Å². The molecular weight excluding hydrogens is 206 g/mol. The Balaban J connectivity index is 3.14. The van der Waals surface area contributed by atoms with Gasteiger partial charge in [0.2, 0.25) is 0 Å². The number of nitrogens with one attached hydrogen (secondary N) is 1. The first kappa shape index (κ1) is 10.7. The third-order valence-electron chi connectivity index (χ3n) is 1.76. The fourth-order valence-electron chi connectivity index (χ4n) is 1.20. The molecule has 1 unspecified atom stereocenters. The zero-order valence-electron chi connectivity index (χ0n) is 7.53. The molecule has 0 saturated carbocycles. The molecule has 1 atom stereocenters. The first-order chi connectivity index (χ1) is 6.49. The topological polar surface area (TPSA) is 81.2 Å². The van der Waals surface area contributed by atoms with Gasteiger partial charge in [-0.2, -0.15) is 0 Å². The number of allylic oxidation sites excluding steroid dienone is 3. The van der Waals surface area contributed by atoms with E-state index in [4.69, 9.17) is 17.3 Å². The summed E-state index contributed by atoms with van der Waals surface area (Å²) in [4.78, 5) is 10.1. The summed E-state index contributed by atoms with van der Waals surface area (Å²) in [6.07, 6.45) is 5.80. The average molecular weight is 216 g/mol. The molecule has 0 aromatic carbocycles. The van der Waals surface area contributed by atoms with Gasteiger partial charge in [-0.25, -0.2) is 0 Å². The van der Waals surface area contributed by atoms with Crippen LogP contribution in [0.15, 0.2) is 35.2 Å². The minimum atomic E-state index is -1.33. The number of nitrogens with zero attached hydrogens (tertiary/aromatic N) is 1. The highest BCUT2D eigenvalue weighted by Crippen LogP contribution is 2.21. The molecule has 0 saturated heterocycles. The largest absolute Gasteiger partial charge is 0.346 e. The molecule has 0 amide bonds. The van der Waals surface area contributed by atoms with Gasteiger partial charge in [0.15, 0.2) is 5.66 Å². The van der Waals surface area contributed by atoms with Crippen molar-refractivity contribution in [2.45, 2.75) is 12.6 Å². The molecule has 6 heteroatoms. The lowest BCUT2D eigenvalue weighted by molar-refractivity contribution is -0.434. The summed E-state index contributed by atoms with van der Waals surface area (Å²) in [6.45, 7) is 1.72. The molecule has 1 aliphatic rings. The van der Waals surface area contributed by atoms with Gasteiger partial charge in [-0.05, 0) is 19.1 Å². The highest BCUT2D eigenvalue weighted by Gasteiger charge is 2.38. The fourth-order valence-corrected chi connectivity index (χ4v) is 1.41. The van der Waals surface area contributed by atoms with Crippen molar-refractivity contribution >= 4 is 11.6 Å². The Kier molecular flexibility index (Phi) is 2.93. The van der Waals surface area contributed by atoms with Gasteiger partial charge in [-0.1, -0.05) is 17.7 Å².